The number of hydrogen-bond donors (Lipinski definition) is 2. The maximum absolute atomic E-state index is 11.1. The molecule has 2 N–H and O–H groups in total. The molecule has 1 heterocycles. The molecule has 1 saturated carbocycles. The summed E-state index contributed by atoms with van der Waals surface area (Å²) in [7, 11) is 0. The number of hydrogen-bond acceptors (Lipinski definition) is 5. The van der Waals surface area contributed by atoms with Crippen molar-refractivity contribution in [1.29, 1.82) is 0 Å². The minimum absolute atomic E-state index is 0.0559. The zero-order valence-electron chi connectivity index (χ0n) is 11.3. The van der Waals surface area contributed by atoms with Gasteiger partial charge in [0.05, 0.1) is 11.0 Å². The van der Waals surface area contributed by atoms with E-state index in [2.05, 4.69) is 10.4 Å². The topological polar surface area (TPSA) is 93.2 Å². The number of nitro groups is 1. The van der Waals surface area contributed by atoms with Crippen LogP contribution in [0.4, 0.5) is 11.5 Å². The molecule has 19 heavy (non-hydrogen) atoms. The Morgan fingerprint density at radius 2 is 2.32 bits per heavy atom. The summed E-state index contributed by atoms with van der Waals surface area (Å²) in [5.41, 5.74) is 0.487. The Hall–Kier alpha value is -1.63. The highest BCUT2D eigenvalue weighted by Crippen LogP contribution is 2.30. The molecule has 1 aromatic heterocycles. The fourth-order valence-electron chi connectivity index (χ4n) is 2.67. The van der Waals surface area contributed by atoms with Crippen LogP contribution in [0.1, 0.15) is 31.9 Å². The molecular weight excluding hydrogens is 248 g/mol. The van der Waals surface area contributed by atoms with E-state index in [9.17, 15) is 15.2 Å². The average molecular weight is 268 g/mol. The maximum Gasteiger partial charge on any atom is 0.333 e. The molecule has 1 aromatic rings. The summed E-state index contributed by atoms with van der Waals surface area (Å²) in [6, 6.07) is 0. The van der Waals surface area contributed by atoms with E-state index in [0.717, 1.165) is 19.3 Å². The smallest absolute Gasteiger partial charge is 0.333 e. The first-order chi connectivity index (χ1) is 9.02. The van der Waals surface area contributed by atoms with Crippen molar-refractivity contribution < 1.29 is 10.0 Å². The third kappa shape index (κ3) is 2.86. The predicted molar refractivity (Wildman–Crippen MR) is 71.1 cm³/mol. The minimum Gasteiger partial charge on any atom is -0.393 e. The van der Waals surface area contributed by atoms with Crippen LogP contribution in [-0.2, 0) is 6.54 Å². The van der Waals surface area contributed by atoms with Crippen molar-refractivity contribution in [2.24, 2.45) is 5.92 Å². The average Bonchev–Trinajstić information content (AvgIpc) is 2.89. The molecule has 7 nitrogen and oxygen atoms in total. The lowest BCUT2D eigenvalue weighted by molar-refractivity contribution is -0.384. The van der Waals surface area contributed by atoms with Gasteiger partial charge >= 0.3 is 5.69 Å². The van der Waals surface area contributed by atoms with Crippen LogP contribution in [0.15, 0.2) is 0 Å². The monoisotopic (exact) mass is 268 g/mol. The van der Waals surface area contributed by atoms with Crippen molar-refractivity contribution in [1.82, 2.24) is 9.78 Å². The van der Waals surface area contributed by atoms with Crippen LogP contribution in [0.5, 0.6) is 0 Å². The van der Waals surface area contributed by atoms with Crippen LogP contribution in [0, 0.1) is 23.0 Å². The zero-order valence-corrected chi connectivity index (χ0v) is 11.3. The van der Waals surface area contributed by atoms with Gasteiger partial charge in [-0.3, -0.25) is 10.1 Å². The van der Waals surface area contributed by atoms with Gasteiger partial charge in [-0.2, -0.15) is 5.10 Å². The van der Waals surface area contributed by atoms with E-state index < -0.39 is 0 Å². The number of rotatable bonds is 5. The summed E-state index contributed by atoms with van der Waals surface area (Å²) < 4.78 is 1.62. The number of nitrogens with one attached hydrogen (secondary N) is 1. The summed E-state index contributed by atoms with van der Waals surface area (Å²) in [5, 5.41) is 27.9. The van der Waals surface area contributed by atoms with Crippen LogP contribution in [0.2, 0.25) is 0 Å². The van der Waals surface area contributed by atoms with Gasteiger partial charge in [0.2, 0.25) is 5.82 Å². The Kier molecular flexibility index (Phi) is 4.04. The standard InChI is InChI=1S/C12H20N4O3/c1-3-15-12(11(16(18)19)8(2)14-15)13-7-9-4-5-10(17)6-9/h9-10,13,17H,3-7H2,1-2H3. The summed E-state index contributed by atoms with van der Waals surface area (Å²) in [6.07, 6.45) is 2.32. The largest absolute Gasteiger partial charge is 0.393 e. The van der Waals surface area contributed by atoms with Crippen LogP contribution >= 0.6 is 0 Å². The van der Waals surface area contributed by atoms with Crippen molar-refractivity contribution >= 4 is 11.5 Å². The van der Waals surface area contributed by atoms with Crippen molar-refractivity contribution in [2.45, 2.75) is 45.8 Å². The minimum atomic E-state index is -0.389. The molecular formula is C12H20N4O3. The van der Waals surface area contributed by atoms with E-state index in [1.54, 1.807) is 11.6 Å². The molecule has 7 heteroatoms. The first kappa shape index (κ1) is 13.8. The number of anilines is 1. The first-order valence-corrected chi connectivity index (χ1v) is 6.66. The Labute approximate surface area is 111 Å². The first-order valence-electron chi connectivity index (χ1n) is 6.66. The Morgan fingerprint density at radius 1 is 1.58 bits per heavy atom. The van der Waals surface area contributed by atoms with Gasteiger partial charge in [-0.1, -0.05) is 0 Å². The van der Waals surface area contributed by atoms with Crippen LogP contribution in [0.25, 0.3) is 0 Å². The molecule has 0 radical (unpaired) electrons. The van der Waals surface area contributed by atoms with E-state index in [4.69, 9.17) is 0 Å². The van der Waals surface area contributed by atoms with Gasteiger partial charge in [0.25, 0.3) is 0 Å². The van der Waals surface area contributed by atoms with E-state index in [-0.39, 0.29) is 16.7 Å². The van der Waals surface area contributed by atoms with Gasteiger partial charge in [-0.25, -0.2) is 4.68 Å². The Morgan fingerprint density at radius 3 is 2.84 bits per heavy atom. The van der Waals surface area contributed by atoms with Crippen molar-refractivity contribution in [3.8, 4) is 0 Å². The highest BCUT2D eigenvalue weighted by atomic mass is 16.6. The lowest BCUT2D eigenvalue weighted by Gasteiger charge is -2.12. The molecule has 0 aromatic carbocycles. The number of aliphatic hydroxyl groups excluding tert-OH is 1. The molecule has 2 unspecified atom stereocenters. The second kappa shape index (κ2) is 5.56. The predicted octanol–water partition coefficient (Wildman–Crippen LogP) is 1.69. The normalized spacial score (nSPS) is 22.7. The van der Waals surface area contributed by atoms with Crippen LogP contribution in [-0.4, -0.2) is 32.5 Å². The lowest BCUT2D eigenvalue weighted by Crippen LogP contribution is -2.16. The van der Waals surface area contributed by atoms with E-state index in [1.165, 1.54) is 0 Å². The summed E-state index contributed by atoms with van der Waals surface area (Å²) in [6.45, 7) is 4.78. The highest BCUT2D eigenvalue weighted by molar-refractivity contribution is 5.59. The molecule has 0 amide bonds. The fraction of sp³-hybridized carbons (Fsp3) is 0.750. The van der Waals surface area contributed by atoms with E-state index in [0.29, 0.717) is 30.5 Å². The molecule has 0 spiro atoms. The van der Waals surface area contributed by atoms with Crippen LogP contribution in [0.3, 0.4) is 0 Å². The van der Waals surface area contributed by atoms with Gasteiger partial charge < -0.3 is 10.4 Å². The van der Waals surface area contributed by atoms with Gasteiger partial charge in [0.1, 0.15) is 5.69 Å². The third-order valence-electron chi connectivity index (χ3n) is 3.65. The second-order valence-corrected chi connectivity index (χ2v) is 5.07. The van der Waals surface area contributed by atoms with Gasteiger partial charge in [0, 0.05) is 13.1 Å². The molecule has 0 saturated heterocycles. The summed E-state index contributed by atoms with van der Waals surface area (Å²) >= 11 is 0. The maximum atomic E-state index is 11.1. The van der Waals surface area contributed by atoms with Gasteiger partial charge in [-0.15, -0.1) is 0 Å². The summed E-state index contributed by atoms with van der Waals surface area (Å²) in [4.78, 5) is 10.7. The number of aliphatic hydroxyl groups is 1. The van der Waals surface area contributed by atoms with E-state index >= 15 is 0 Å². The fourth-order valence-corrected chi connectivity index (χ4v) is 2.67. The number of nitrogens with zero attached hydrogens (tertiary/aromatic N) is 3. The van der Waals surface area contributed by atoms with Crippen molar-refractivity contribution in [3.63, 3.8) is 0 Å². The van der Waals surface area contributed by atoms with Crippen LogP contribution < -0.4 is 5.32 Å². The summed E-state index contributed by atoms with van der Waals surface area (Å²) in [5.74, 6) is 0.849. The van der Waals surface area contributed by atoms with Gasteiger partial charge in [-0.05, 0) is 39.0 Å². The molecule has 1 aliphatic rings. The Bertz CT molecular complexity index is 472. The quantitative estimate of drug-likeness (QED) is 0.626. The molecule has 0 bridgehead atoms. The third-order valence-corrected chi connectivity index (χ3v) is 3.65. The highest BCUT2D eigenvalue weighted by Gasteiger charge is 2.27. The zero-order chi connectivity index (χ0) is 14.0. The molecule has 0 aliphatic heterocycles. The van der Waals surface area contributed by atoms with Crippen molar-refractivity contribution in [2.75, 3.05) is 11.9 Å². The number of aryl methyl sites for hydroxylation is 2. The molecule has 106 valence electrons. The SMILES string of the molecule is CCn1nc(C)c([N+](=O)[O-])c1NCC1CCC(O)C1. The molecule has 2 rings (SSSR count). The van der Waals surface area contributed by atoms with Crippen molar-refractivity contribution in [3.05, 3.63) is 15.8 Å². The molecule has 1 fully saturated rings. The van der Waals surface area contributed by atoms with Gasteiger partial charge in [0.15, 0.2) is 0 Å². The second-order valence-electron chi connectivity index (χ2n) is 5.07. The Balaban J connectivity index is 2.12. The lowest BCUT2D eigenvalue weighted by atomic mass is 10.1. The van der Waals surface area contributed by atoms with E-state index in [1.807, 2.05) is 6.92 Å². The number of aromatic nitrogens is 2. The molecule has 2 atom stereocenters. The molecule has 1 aliphatic carbocycles.